The number of rotatable bonds is 7. The maximum absolute atomic E-state index is 12.9. The first kappa shape index (κ1) is 20.1. The average Bonchev–Trinajstić information content (AvgIpc) is 3.45. The van der Waals surface area contributed by atoms with Gasteiger partial charge in [-0.3, -0.25) is 4.68 Å². The van der Waals surface area contributed by atoms with Gasteiger partial charge in [0, 0.05) is 24.7 Å². The molecule has 0 aliphatic rings. The summed E-state index contributed by atoms with van der Waals surface area (Å²) in [6.07, 6.45) is 3.10. The van der Waals surface area contributed by atoms with Crippen molar-refractivity contribution in [2.45, 2.75) is 31.7 Å². The van der Waals surface area contributed by atoms with Crippen LogP contribution in [-0.2, 0) is 10.0 Å². The fourth-order valence-corrected chi connectivity index (χ4v) is 4.36. The highest BCUT2D eigenvalue weighted by Gasteiger charge is 2.23. The zero-order valence-electron chi connectivity index (χ0n) is 16.9. The summed E-state index contributed by atoms with van der Waals surface area (Å²) in [5.74, 6) is 1.18. The topological polar surface area (TPSA) is 103 Å². The Labute approximate surface area is 174 Å². The Morgan fingerprint density at radius 1 is 1.10 bits per heavy atom. The Kier molecular flexibility index (Phi) is 5.31. The molecule has 1 atom stereocenters. The van der Waals surface area contributed by atoms with E-state index in [-0.39, 0.29) is 11.4 Å². The van der Waals surface area contributed by atoms with Crippen molar-refractivity contribution in [1.82, 2.24) is 19.5 Å². The first-order chi connectivity index (χ1) is 14.3. The molecule has 0 spiro atoms. The van der Waals surface area contributed by atoms with E-state index in [1.165, 1.54) is 0 Å². The molecule has 3 heterocycles. The van der Waals surface area contributed by atoms with E-state index in [9.17, 15) is 8.42 Å². The molecule has 0 aliphatic carbocycles. The SMILES string of the molecule is Cc1cc(C)n(C(CNS(=O)(=O)c2ccc(-c3coc(C)n3)cc2)c2ccco2)n1. The van der Waals surface area contributed by atoms with Gasteiger partial charge in [0.05, 0.1) is 16.9 Å². The highest BCUT2D eigenvalue weighted by Crippen LogP contribution is 2.23. The van der Waals surface area contributed by atoms with Gasteiger partial charge in [-0.25, -0.2) is 18.1 Å². The van der Waals surface area contributed by atoms with Crippen molar-refractivity contribution in [2.75, 3.05) is 6.54 Å². The molecule has 8 nitrogen and oxygen atoms in total. The van der Waals surface area contributed by atoms with Crippen LogP contribution < -0.4 is 4.72 Å². The van der Waals surface area contributed by atoms with Crippen LogP contribution >= 0.6 is 0 Å². The maximum atomic E-state index is 12.9. The molecule has 9 heteroatoms. The molecule has 156 valence electrons. The third kappa shape index (κ3) is 4.07. The van der Waals surface area contributed by atoms with E-state index in [4.69, 9.17) is 8.83 Å². The van der Waals surface area contributed by atoms with Crippen LogP contribution in [0.25, 0.3) is 11.3 Å². The van der Waals surface area contributed by atoms with Gasteiger partial charge in [-0.1, -0.05) is 12.1 Å². The number of aryl methyl sites for hydroxylation is 3. The Hall–Kier alpha value is -3.17. The fourth-order valence-electron chi connectivity index (χ4n) is 3.32. The molecule has 0 aliphatic heterocycles. The lowest BCUT2D eigenvalue weighted by atomic mass is 10.2. The summed E-state index contributed by atoms with van der Waals surface area (Å²) in [6.45, 7) is 5.67. The number of furan rings is 1. The minimum absolute atomic E-state index is 0.0992. The van der Waals surface area contributed by atoms with Crippen LogP contribution in [0.3, 0.4) is 0 Å². The van der Waals surface area contributed by atoms with E-state index in [1.54, 1.807) is 54.5 Å². The molecule has 0 radical (unpaired) electrons. The van der Waals surface area contributed by atoms with Crippen LogP contribution in [0.15, 0.2) is 68.7 Å². The second-order valence-corrected chi connectivity index (χ2v) is 8.80. The number of oxazole rings is 1. The first-order valence-electron chi connectivity index (χ1n) is 9.42. The first-order valence-corrected chi connectivity index (χ1v) is 10.9. The molecule has 0 fully saturated rings. The predicted octanol–water partition coefficient (Wildman–Crippen LogP) is 3.62. The largest absolute Gasteiger partial charge is 0.467 e. The smallest absolute Gasteiger partial charge is 0.240 e. The van der Waals surface area contributed by atoms with Crippen molar-refractivity contribution < 1.29 is 17.3 Å². The van der Waals surface area contributed by atoms with E-state index in [0.717, 1.165) is 17.0 Å². The minimum atomic E-state index is -3.73. The Balaban J connectivity index is 1.55. The number of hydrogen-bond acceptors (Lipinski definition) is 6. The lowest BCUT2D eigenvalue weighted by Crippen LogP contribution is -2.32. The van der Waals surface area contributed by atoms with Crippen molar-refractivity contribution in [3.63, 3.8) is 0 Å². The second kappa shape index (κ2) is 7.92. The summed E-state index contributed by atoms with van der Waals surface area (Å²) in [6, 6.07) is 11.6. The molecule has 3 aromatic heterocycles. The van der Waals surface area contributed by atoms with Gasteiger partial charge >= 0.3 is 0 Å². The van der Waals surface area contributed by atoms with Crippen LogP contribution in [0.4, 0.5) is 0 Å². The highest BCUT2D eigenvalue weighted by atomic mass is 32.2. The normalized spacial score (nSPS) is 12.9. The summed E-state index contributed by atoms with van der Waals surface area (Å²) in [7, 11) is -3.73. The molecule has 0 amide bonds. The molecule has 0 bridgehead atoms. The molecule has 1 aromatic carbocycles. The molecular weight excluding hydrogens is 404 g/mol. The number of sulfonamides is 1. The summed E-state index contributed by atoms with van der Waals surface area (Å²) in [5.41, 5.74) is 3.21. The lowest BCUT2D eigenvalue weighted by Gasteiger charge is -2.18. The van der Waals surface area contributed by atoms with Crippen LogP contribution in [0.1, 0.15) is 29.1 Å². The number of nitrogens with zero attached hydrogens (tertiary/aromatic N) is 3. The predicted molar refractivity (Wildman–Crippen MR) is 110 cm³/mol. The summed E-state index contributed by atoms with van der Waals surface area (Å²) < 4.78 is 40.9. The Morgan fingerprint density at radius 2 is 1.87 bits per heavy atom. The third-order valence-electron chi connectivity index (χ3n) is 4.76. The van der Waals surface area contributed by atoms with Crippen LogP contribution in [0.2, 0.25) is 0 Å². The molecule has 1 unspecified atom stereocenters. The Morgan fingerprint density at radius 3 is 2.43 bits per heavy atom. The number of aromatic nitrogens is 3. The highest BCUT2D eigenvalue weighted by molar-refractivity contribution is 7.89. The van der Waals surface area contributed by atoms with E-state index in [2.05, 4.69) is 14.8 Å². The average molecular weight is 426 g/mol. The standard InChI is InChI=1S/C21H22N4O4S/c1-14-11-15(2)25(24-14)20(21-5-4-10-28-21)12-22-30(26,27)18-8-6-17(7-9-18)19-13-29-16(3)23-19/h4-11,13,20,22H,12H2,1-3H3. The molecule has 30 heavy (non-hydrogen) atoms. The molecular formula is C21H22N4O4S. The van der Waals surface area contributed by atoms with E-state index in [1.807, 2.05) is 26.0 Å². The van der Waals surface area contributed by atoms with E-state index < -0.39 is 16.1 Å². The maximum Gasteiger partial charge on any atom is 0.240 e. The lowest BCUT2D eigenvalue weighted by molar-refractivity contribution is 0.397. The number of hydrogen-bond donors (Lipinski definition) is 1. The van der Waals surface area contributed by atoms with Gasteiger partial charge < -0.3 is 8.83 Å². The third-order valence-corrected chi connectivity index (χ3v) is 6.20. The van der Waals surface area contributed by atoms with Gasteiger partial charge in [-0.15, -0.1) is 0 Å². The quantitative estimate of drug-likeness (QED) is 0.484. The zero-order chi connectivity index (χ0) is 21.3. The van der Waals surface area contributed by atoms with Gasteiger partial charge in [0.25, 0.3) is 0 Å². The van der Waals surface area contributed by atoms with Crippen LogP contribution in [0.5, 0.6) is 0 Å². The van der Waals surface area contributed by atoms with Gasteiger partial charge in [0.15, 0.2) is 5.89 Å². The van der Waals surface area contributed by atoms with Crippen molar-refractivity contribution in [3.05, 3.63) is 78.0 Å². The number of nitrogens with one attached hydrogen (secondary N) is 1. The Bertz CT molecular complexity index is 1240. The zero-order valence-corrected chi connectivity index (χ0v) is 17.7. The minimum Gasteiger partial charge on any atom is -0.467 e. The van der Waals surface area contributed by atoms with E-state index in [0.29, 0.717) is 17.3 Å². The van der Waals surface area contributed by atoms with Crippen molar-refractivity contribution in [2.24, 2.45) is 0 Å². The molecule has 4 aromatic rings. The molecule has 4 rings (SSSR count). The number of benzene rings is 1. The van der Waals surface area contributed by atoms with Gasteiger partial charge in [0.2, 0.25) is 10.0 Å². The van der Waals surface area contributed by atoms with Crippen molar-refractivity contribution in [3.8, 4) is 11.3 Å². The molecule has 1 N–H and O–H groups in total. The molecule has 0 saturated heterocycles. The van der Waals surface area contributed by atoms with Gasteiger partial charge in [-0.2, -0.15) is 5.10 Å². The second-order valence-electron chi connectivity index (χ2n) is 7.03. The van der Waals surface area contributed by atoms with Gasteiger partial charge in [0.1, 0.15) is 23.8 Å². The monoisotopic (exact) mass is 426 g/mol. The fraction of sp³-hybridized carbons (Fsp3) is 0.238. The summed E-state index contributed by atoms with van der Waals surface area (Å²) in [5, 5.41) is 4.49. The summed E-state index contributed by atoms with van der Waals surface area (Å²) in [4.78, 5) is 4.42. The van der Waals surface area contributed by atoms with Crippen LogP contribution in [-0.4, -0.2) is 29.7 Å². The summed E-state index contributed by atoms with van der Waals surface area (Å²) >= 11 is 0. The van der Waals surface area contributed by atoms with Gasteiger partial charge in [-0.05, 0) is 44.2 Å². The van der Waals surface area contributed by atoms with Crippen molar-refractivity contribution >= 4 is 10.0 Å². The van der Waals surface area contributed by atoms with Crippen LogP contribution in [0, 0.1) is 20.8 Å². The van der Waals surface area contributed by atoms with E-state index >= 15 is 0 Å². The molecule has 0 saturated carbocycles. The van der Waals surface area contributed by atoms with Crippen molar-refractivity contribution in [1.29, 1.82) is 0 Å².